The zero-order valence-electron chi connectivity index (χ0n) is 32.6. The zero-order valence-corrected chi connectivity index (χ0v) is 36.3. The van der Waals surface area contributed by atoms with Crippen molar-refractivity contribution in [2.24, 2.45) is 0 Å². The van der Waals surface area contributed by atoms with Gasteiger partial charge in [0.25, 0.3) is 20.0 Å². The maximum atomic E-state index is 13.6. The minimum absolute atomic E-state index is 0. The predicted octanol–water partition coefficient (Wildman–Crippen LogP) is 5.05. The summed E-state index contributed by atoms with van der Waals surface area (Å²) in [5, 5.41) is 9.30. The van der Waals surface area contributed by atoms with Crippen LogP contribution in [0.15, 0.2) is 94.7 Å². The fourth-order valence-corrected chi connectivity index (χ4v) is 9.26. The molecule has 4 aromatic carbocycles. The molecule has 0 saturated heterocycles. The summed E-state index contributed by atoms with van der Waals surface area (Å²) in [4.78, 5) is 12.8. The number of carbonyl (C=O) groups excluding carboxylic acids is 1. The molecular weight excluding hydrogens is 726 g/mol. The van der Waals surface area contributed by atoms with Crippen molar-refractivity contribution in [2.75, 3.05) is 42.5 Å². The normalized spacial score (nSPS) is 11.1. The number of benzene rings is 4. The largest absolute Gasteiger partial charge is 0.497 e. The average molecular weight is 777 g/mol. The molecule has 4 aromatic rings. The van der Waals surface area contributed by atoms with Crippen molar-refractivity contribution in [3.8, 4) is 11.5 Å². The number of sulfonamides is 2. The number of ether oxygens (including phenoxy) is 3. The van der Waals surface area contributed by atoms with E-state index in [0.717, 1.165) is 4.31 Å². The standard InChI is InChI=1S/C21H27NO5S.C17H21NO4S.Al.Li.2H/c1-15-12-18(26-6)13-16(2)20(15)28(24,25)22(17-10-8-7-9-11-17)14-19(23)27-21(3,4)5;1-13-11-16(22-3)12-14(2)17(13)23(20,21)18(9-10-19)15-7-5-4-6-8-15;;;;/h7-13H,14H2,1-6H3;4-8,11-12,19H,9-10H2,1-3H3;;;;. The number of anilines is 2. The molecule has 0 aliphatic rings. The first-order chi connectivity index (χ1) is 23.9. The van der Waals surface area contributed by atoms with Crippen LogP contribution < -0.4 is 18.1 Å². The molecule has 0 aliphatic heterocycles. The van der Waals surface area contributed by atoms with Crippen molar-refractivity contribution in [3.63, 3.8) is 0 Å². The van der Waals surface area contributed by atoms with Crippen LogP contribution in [0.3, 0.4) is 0 Å². The summed E-state index contributed by atoms with van der Waals surface area (Å²) in [5.41, 5.74) is 2.51. The fraction of sp³-hybridized carbons (Fsp3) is 0.342. The van der Waals surface area contributed by atoms with Crippen LogP contribution in [-0.2, 0) is 29.6 Å². The molecule has 15 heteroatoms. The average Bonchev–Trinajstić information content (AvgIpc) is 3.05. The van der Waals surface area contributed by atoms with E-state index in [4.69, 9.17) is 14.2 Å². The second kappa shape index (κ2) is 20.3. The Morgan fingerprint density at radius 1 is 0.660 bits per heavy atom. The van der Waals surface area contributed by atoms with Gasteiger partial charge in [0, 0.05) is 18.9 Å². The Balaban J connectivity index is 0.000000519. The van der Waals surface area contributed by atoms with E-state index in [2.05, 4.69) is 0 Å². The monoisotopic (exact) mass is 776 g/mol. The number of para-hydroxylation sites is 2. The first-order valence-electron chi connectivity index (χ1n) is 16.2. The Bertz CT molecular complexity index is 1980. The number of hydrogen-bond donors (Lipinski definition) is 1. The Labute approximate surface area is 337 Å². The van der Waals surface area contributed by atoms with Crippen molar-refractivity contribution < 1.29 is 40.9 Å². The Morgan fingerprint density at radius 2 is 1.00 bits per heavy atom. The number of aryl methyl sites for hydroxylation is 4. The third kappa shape index (κ3) is 12.3. The maximum absolute atomic E-state index is 13.6. The number of rotatable bonds is 12. The first kappa shape index (κ1) is 47.6. The van der Waals surface area contributed by atoms with Crippen LogP contribution in [0, 0.1) is 27.7 Å². The second-order valence-electron chi connectivity index (χ2n) is 12.8. The Kier molecular flexibility index (Phi) is 18.2. The molecule has 0 aromatic heterocycles. The van der Waals surface area contributed by atoms with Crippen molar-refractivity contribution in [1.82, 2.24) is 0 Å². The van der Waals surface area contributed by atoms with Gasteiger partial charge in [0.05, 0.1) is 48.5 Å². The number of esters is 1. The van der Waals surface area contributed by atoms with Gasteiger partial charge in [-0.15, -0.1) is 0 Å². The van der Waals surface area contributed by atoms with Gasteiger partial charge in [0.1, 0.15) is 41.0 Å². The maximum Gasteiger partial charge on any atom is 0.327 e. The molecule has 0 fully saturated rings. The molecule has 0 spiro atoms. The van der Waals surface area contributed by atoms with E-state index < -0.39 is 38.2 Å². The minimum Gasteiger partial charge on any atom is -0.497 e. The molecule has 0 saturated carbocycles. The Hall–Kier alpha value is -3.46. The van der Waals surface area contributed by atoms with E-state index in [1.807, 2.05) is 6.07 Å². The van der Waals surface area contributed by atoms with Crippen LogP contribution in [0.25, 0.3) is 0 Å². The van der Waals surface area contributed by atoms with Crippen molar-refractivity contribution in [2.45, 2.75) is 63.9 Å². The number of methoxy groups -OCH3 is 2. The van der Waals surface area contributed by atoms with Gasteiger partial charge in [-0.1, -0.05) is 36.4 Å². The molecule has 0 atom stereocenters. The number of aliphatic hydroxyl groups excluding tert-OH is 1. The minimum atomic E-state index is -4.01. The molecule has 1 N–H and O–H groups in total. The second-order valence-corrected chi connectivity index (χ2v) is 16.3. The number of carbonyl (C=O) groups is 1. The fourth-order valence-electron chi connectivity index (χ4n) is 5.56. The van der Waals surface area contributed by atoms with Gasteiger partial charge in [-0.05, 0) is 119 Å². The molecule has 53 heavy (non-hydrogen) atoms. The van der Waals surface area contributed by atoms with E-state index in [0.29, 0.717) is 45.1 Å². The molecule has 11 nitrogen and oxygen atoms in total. The third-order valence-electron chi connectivity index (χ3n) is 7.52. The molecule has 0 heterocycles. The van der Waals surface area contributed by atoms with Crippen LogP contribution in [0.5, 0.6) is 11.5 Å². The summed E-state index contributed by atoms with van der Waals surface area (Å²) < 4.78 is 71.5. The molecule has 0 aliphatic carbocycles. The van der Waals surface area contributed by atoms with Gasteiger partial charge < -0.3 is 19.3 Å². The summed E-state index contributed by atoms with van der Waals surface area (Å²) >= 11 is 0. The molecule has 282 valence electrons. The molecule has 4 rings (SSSR count). The van der Waals surface area contributed by atoms with Crippen LogP contribution in [0.4, 0.5) is 11.4 Å². The number of aliphatic hydroxyl groups is 1. The topological polar surface area (TPSA) is 140 Å². The van der Waals surface area contributed by atoms with Crippen molar-refractivity contribution in [3.05, 3.63) is 107 Å². The first-order valence-corrected chi connectivity index (χ1v) is 19.0. The summed E-state index contributed by atoms with van der Waals surface area (Å²) in [6.45, 7) is 11.4. The van der Waals surface area contributed by atoms with Crippen LogP contribution in [0.2, 0.25) is 0 Å². The molecule has 2 radical (unpaired) electrons. The predicted molar refractivity (Wildman–Crippen MR) is 214 cm³/mol. The molecular formula is C38H50AlLiN2O9S2. The molecule has 0 amide bonds. The van der Waals surface area contributed by atoms with Gasteiger partial charge in [-0.3, -0.25) is 13.4 Å². The van der Waals surface area contributed by atoms with Crippen LogP contribution in [-0.4, -0.2) is 104 Å². The van der Waals surface area contributed by atoms with E-state index in [1.54, 1.807) is 134 Å². The quantitative estimate of drug-likeness (QED) is 0.155. The molecule has 0 bridgehead atoms. The van der Waals surface area contributed by atoms with Crippen LogP contribution >= 0.6 is 0 Å². The van der Waals surface area contributed by atoms with Gasteiger partial charge in [-0.2, -0.15) is 0 Å². The van der Waals surface area contributed by atoms with Gasteiger partial charge in [0.2, 0.25) is 0 Å². The summed E-state index contributed by atoms with van der Waals surface area (Å²) in [7, 11) is -4.72. The van der Waals surface area contributed by atoms with E-state index >= 15 is 0 Å². The third-order valence-corrected chi connectivity index (χ3v) is 11.7. The summed E-state index contributed by atoms with van der Waals surface area (Å²) in [6.07, 6.45) is 0. The summed E-state index contributed by atoms with van der Waals surface area (Å²) in [5.74, 6) is 0.573. The SMILES string of the molecule is COc1cc(C)c(S(=O)(=O)N(CC(=O)OC(C)(C)C)c2ccccc2)c(C)c1.COc1cc(C)c(S(=O)(=O)N(CCO)c2ccccc2)c(C)c1.[AlH2].[Li]. The Morgan fingerprint density at radius 3 is 1.32 bits per heavy atom. The van der Waals surface area contributed by atoms with Crippen LogP contribution in [0.1, 0.15) is 43.0 Å². The molecule has 0 unspecified atom stereocenters. The zero-order chi connectivity index (χ0) is 38.1. The van der Waals surface area contributed by atoms with E-state index in [-0.39, 0.29) is 59.2 Å². The number of hydrogen-bond acceptors (Lipinski definition) is 9. The van der Waals surface area contributed by atoms with Crippen molar-refractivity contribution >= 4 is 73.6 Å². The van der Waals surface area contributed by atoms with E-state index in [1.165, 1.54) is 11.4 Å². The summed E-state index contributed by atoms with van der Waals surface area (Å²) in [6, 6.07) is 24.0. The van der Waals surface area contributed by atoms with Gasteiger partial charge >= 0.3 is 5.97 Å². The smallest absolute Gasteiger partial charge is 0.327 e. The van der Waals surface area contributed by atoms with Crippen molar-refractivity contribution in [1.29, 1.82) is 0 Å². The van der Waals surface area contributed by atoms with Gasteiger partial charge in [-0.25, -0.2) is 16.8 Å². The van der Waals surface area contributed by atoms with Gasteiger partial charge in [0.15, 0.2) is 0 Å². The van der Waals surface area contributed by atoms with E-state index in [9.17, 15) is 26.7 Å². The number of nitrogens with zero attached hydrogens (tertiary/aromatic N) is 2.